The molecule has 2 aromatic rings. The number of aromatic nitrogens is 2. The average molecular weight is 298 g/mol. The second kappa shape index (κ2) is 7.26. The van der Waals surface area contributed by atoms with Crippen LogP contribution in [0.3, 0.4) is 0 Å². The second-order valence-electron chi connectivity index (χ2n) is 4.78. The van der Waals surface area contributed by atoms with Crippen LogP contribution in [0.4, 0.5) is 0 Å². The maximum atomic E-state index is 6.13. The van der Waals surface area contributed by atoms with Crippen molar-refractivity contribution in [3.05, 3.63) is 42.0 Å². The van der Waals surface area contributed by atoms with Gasteiger partial charge in [-0.25, -0.2) is 0 Å². The Balaban J connectivity index is 0.00000200. The molecule has 0 saturated heterocycles. The van der Waals surface area contributed by atoms with E-state index >= 15 is 0 Å². The lowest BCUT2D eigenvalue weighted by atomic mass is 9.98. The summed E-state index contributed by atoms with van der Waals surface area (Å²) in [6.07, 6.45) is 1.76. The van der Waals surface area contributed by atoms with Gasteiger partial charge in [-0.1, -0.05) is 36.7 Å². The van der Waals surface area contributed by atoms with E-state index in [9.17, 15) is 0 Å². The SMILES string of the molecule is CCCC(C)(N)c1nc(COc2ccccc2)no1.Cl. The van der Waals surface area contributed by atoms with Gasteiger partial charge in [-0.2, -0.15) is 4.98 Å². The number of ether oxygens (including phenoxy) is 1. The second-order valence-corrected chi connectivity index (χ2v) is 4.78. The summed E-state index contributed by atoms with van der Waals surface area (Å²) in [6, 6.07) is 9.52. The minimum absolute atomic E-state index is 0. The van der Waals surface area contributed by atoms with Gasteiger partial charge in [0.1, 0.15) is 5.75 Å². The maximum absolute atomic E-state index is 6.13. The third-order valence-electron chi connectivity index (χ3n) is 2.84. The van der Waals surface area contributed by atoms with E-state index in [0.717, 1.165) is 18.6 Å². The van der Waals surface area contributed by atoms with Gasteiger partial charge in [0.05, 0.1) is 5.54 Å². The van der Waals surface area contributed by atoms with Crippen LogP contribution in [0.15, 0.2) is 34.9 Å². The summed E-state index contributed by atoms with van der Waals surface area (Å²) in [4.78, 5) is 4.29. The number of halogens is 1. The molecule has 0 radical (unpaired) electrons. The molecule has 0 spiro atoms. The first-order valence-corrected chi connectivity index (χ1v) is 6.41. The molecule has 0 aliphatic heterocycles. The number of rotatable bonds is 6. The highest BCUT2D eigenvalue weighted by Gasteiger charge is 2.27. The van der Waals surface area contributed by atoms with Crippen LogP contribution in [0.25, 0.3) is 0 Å². The van der Waals surface area contributed by atoms with Crippen molar-refractivity contribution in [3.8, 4) is 5.75 Å². The highest BCUT2D eigenvalue weighted by molar-refractivity contribution is 5.85. The van der Waals surface area contributed by atoms with E-state index in [1.165, 1.54) is 0 Å². The Bertz CT molecular complexity index is 514. The molecular formula is C14H20ClN3O2. The van der Waals surface area contributed by atoms with E-state index in [1.54, 1.807) is 0 Å². The third kappa shape index (κ3) is 4.21. The molecular weight excluding hydrogens is 278 g/mol. The van der Waals surface area contributed by atoms with E-state index in [2.05, 4.69) is 17.1 Å². The van der Waals surface area contributed by atoms with E-state index in [-0.39, 0.29) is 19.0 Å². The van der Waals surface area contributed by atoms with Gasteiger partial charge < -0.3 is 15.0 Å². The first kappa shape index (κ1) is 16.5. The number of nitrogens with two attached hydrogens (primary N) is 1. The Hall–Kier alpha value is -1.59. The molecule has 0 saturated carbocycles. The Kier molecular flexibility index (Phi) is 5.98. The van der Waals surface area contributed by atoms with E-state index < -0.39 is 5.54 Å². The number of hydrogen-bond acceptors (Lipinski definition) is 5. The summed E-state index contributed by atoms with van der Waals surface area (Å²) in [5.41, 5.74) is 5.56. The quantitative estimate of drug-likeness (QED) is 0.887. The molecule has 1 aromatic carbocycles. The summed E-state index contributed by atoms with van der Waals surface area (Å²) >= 11 is 0. The molecule has 6 heteroatoms. The highest BCUT2D eigenvalue weighted by Crippen LogP contribution is 2.21. The van der Waals surface area contributed by atoms with Crippen LogP contribution < -0.4 is 10.5 Å². The first-order valence-electron chi connectivity index (χ1n) is 6.41. The molecule has 0 bridgehead atoms. The van der Waals surface area contributed by atoms with Crippen LogP contribution in [0.5, 0.6) is 5.75 Å². The van der Waals surface area contributed by atoms with Gasteiger partial charge >= 0.3 is 0 Å². The molecule has 0 aliphatic rings. The number of para-hydroxylation sites is 1. The van der Waals surface area contributed by atoms with Gasteiger partial charge in [0.25, 0.3) is 0 Å². The van der Waals surface area contributed by atoms with Gasteiger partial charge in [-0.3, -0.25) is 0 Å². The predicted molar refractivity (Wildman–Crippen MR) is 78.8 cm³/mol. The lowest BCUT2D eigenvalue weighted by Crippen LogP contribution is -2.33. The van der Waals surface area contributed by atoms with E-state index in [0.29, 0.717) is 11.7 Å². The van der Waals surface area contributed by atoms with Gasteiger partial charge in [0.2, 0.25) is 11.7 Å². The van der Waals surface area contributed by atoms with Crippen molar-refractivity contribution in [3.63, 3.8) is 0 Å². The minimum Gasteiger partial charge on any atom is -0.485 e. The summed E-state index contributed by atoms with van der Waals surface area (Å²) < 4.78 is 10.8. The Morgan fingerprint density at radius 1 is 1.30 bits per heavy atom. The van der Waals surface area contributed by atoms with Crippen LogP contribution in [0.2, 0.25) is 0 Å². The standard InChI is InChI=1S/C14H19N3O2.ClH/c1-3-9-14(2,15)13-16-12(17-19-13)10-18-11-7-5-4-6-8-11;/h4-8H,3,9-10,15H2,1-2H3;1H. The molecule has 20 heavy (non-hydrogen) atoms. The van der Waals surface area contributed by atoms with Crippen molar-refractivity contribution in [2.45, 2.75) is 38.8 Å². The van der Waals surface area contributed by atoms with Gasteiger partial charge in [0.15, 0.2) is 6.61 Å². The van der Waals surface area contributed by atoms with Crippen LogP contribution in [0, 0.1) is 0 Å². The zero-order chi connectivity index (χ0) is 13.7. The largest absolute Gasteiger partial charge is 0.485 e. The highest BCUT2D eigenvalue weighted by atomic mass is 35.5. The fraction of sp³-hybridized carbons (Fsp3) is 0.429. The molecule has 0 fully saturated rings. The van der Waals surface area contributed by atoms with Gasteiger partial charge in [-0.05, 0) is 25.5 Å². The smallest absolute Gasteiger partial charge is 0.246 e. The van der Waals surface area contributed by atoms with Crippen molar-refractivity contribution in [2.24, 2.45) is 5.73 Å². The summed E-state index contributed by atoms with van der Waals surface area (Å²) in [5, 5.41) is 3.89. The molecule has 5 nitrogen and oxygen atoms in total. The monoisotopic (exact) mass is 297 g/mol. The van der Waals surface area contributed by atoms with Crippen LogP contribution in [0.1, 0.15) is 38.4 Å². The van der Waals surface area contributed by atoms with Gasteiger partial charge in [0, 0.05) is 0 Å². The van der Waals surface area contributed by atoms with Crippen LogP contribution in [-0.4, -0.2) is 10.1 Å². The van der Waals surface area contributed by atoms with Crippen molar-refractivity contribution < 1.29 is 9.26 Å². The zero-order valence-corrected chi connectivity index (χ0v) is 12.5. The molecule has 2 N–H and O–H groups in total. The van der Waals surface area contributed by atoms with Crippen molar-refractivity contribution in [1.29, 1.82) is 0 Å². The molecule has 110 valence electrons. The fourth-order valence-electron chi connectivity index (χ4n) is 1.84. The lowest BCUT2D eigenvalue weighted by Gasteiger charge is -2.18. The summed E-state index contributed by atoms with van der Waals surface area (Å²) in [7, 11) is 0. The van der Waals surface area contributed by atoms with Crippen molar-refractivity contribution >= 4 is 12.4 Å². The Morgan fingerprint density at radius 2 is 2.00 bits per heavy atom. The Labute approximate surface area is 124 Å². The van der Waals surface area contributed by atoms with Crippen LogP contribution in [-0.2, 0) is 12.1 Å². The fourth-order valence-corrected chi connectivity index (χ4v) is 1.84. The molecule has 1 aromatic heterocycles. The topological polar surface area (TPSA) is 74.2 Å². The van der Waals surface area contributed by atoms with E-state index in [4.69, 9.17) is 15.0 Å². The molecule has 1 atom stereocenters. The number of benzene rings is 1. The number of hydrogen-bond donors (Lipinski definition) is 1. The van der Waals surface area contributed by atoms with E-state index in [1.807, 2.05) is 37.3 Å². The zero-order valence-electron chi connectivity index (χ0n) is 11.7. The first-order chi connectivity index (χ1) is 9.12. The number of nitrogens with zero attached hydrogens (tertiary/aromatic N) is 2. The predicted octanol–water partition coefficient (Wildman–Crippen LogP) is 3.04. The normalized spacial score (nSPS) is 13.3. The maximum Gasteiger partial charge on any atom is 0.246 e. The Morgan fingerprint density at radius 3 is 2.65 bits per heavy atom. The average Bonchev–Trinajstić information content (AvgIpc) is 2.87. The van der Waals surface area contributed by atoms with Crippen molar-refractivity contribution in [1.82, 2.24) is 10.1 Å². The molecule has 0 amide bonds. The van der Waals surface area contributed by atoms with Crippen LogP contribution >= 0.6 is 12.4 Å². The lowest BCUT2D eigenvalue weighted by molar-refractivity contribution is 0.269. The molecule has 2 rings (SSSR count). The van der Waals surface area contributed by atoms with Crippen molar-refractivity contribution in [2.75, 3.05) is 0 Å². The molecule has 1 heterocycles. The summed E-state index contributed by atoms with van der Waals surface area (Å²) in [6.45, 7) is 4.24. The third-order valence-corrected chi connectivity index (χ3v) is 2.84. The minimum atomic E-state index is -0.577. The molecule has 1 unspecified atom stereocenters. The summed E-state index contributed by atoms with van der Waals surface area (Å²) in [5.74, 6) is 1.74. The molecule has 0 aliphatic carbocycles. The van der Waals surface area contributed by atoms with Gasteiger partial charge in [-0.15, -0.1) is 12.4 Å².